The average molecular weight is 428 g/mol. The van der Waals surface area contributed by atoms with Crippen molar-refractivity contribution in [1.29, 1.82) is 0 Å². The fourth-order valence-corrected chi connectivity index (χ4v) is 3.86. The molecule has 0 bridgehead atoms. The molecule has 0 spiro atoms. The number of piperazine rings is 1. The van der Waals surface area contributed by atoms with E-state index >= 15 is 0 Å². The number of rotatable bonds is 4. The Bertz CT molecular complexity index is 1070. The fourth-order valence-electron chi connectivity index (χ4n) is 3.86. The molecule has 0 aliphatic carbocycles. The molecule has 1 atom stereocenters. The van der Waals surface area contributed by atoms with Crippen molar-refractivity contribution in [2.24, 2.45) is 0 Å². The normalized spacial score (nSPS) is 15.7. The Morgan fingerprint density at radius 2 is 1.61 bits per heavy atom. The molecule has 4 rings (SSSR count). The minimum absolute atomic E-state index is 0.128. The number of nitrogens with zero attached hydrogens (tertiary/aromatic N) is 2. The van der Waals surface area contributed by atoms with Gasteiger partial charge in [-0.1, -0.05) is 42.5 Å². The van der Waals surface area contributed by atoms with Gasteiger partial charge in [0.15, 0.2) is 6.10 Å². The topological polar surface area (TPSA) is 32.8 Å². The predicted molar refractivity (Wildman–Crippen MR) is 114 cm³/mol. The molecule has 3 aromatic rings. The van der Waals surface area contributed by atoms with Crippen molar-refractivity contribution in [3.63, 3.8) is 0 Å². The number of hydrogen-bond acceptors (Lipinski definition) is 3. The van der Waals surface area contributed by atoms with E-state index in [1.54, 1.807) is 17.9 Å². The van der Waals surface area contributed by atoms with Crippen LogP contribution < -0.4 is 9.64 Å². The van der Waals surface area contributed by atoms with Gasteiger partial charge in [-0.25, -0.2) is 0 Å². The fraction of sp³-hybridized carbons (Fsp3) is 0.292. The van der Waals surface area contributed by atoms with E-state index in [2.05, 4.69) is 0 Å². The summed E-state index contributed by atoms with van der Waals surface area (Å²) in [4.78, 5) is 16.5. The number of alkyl halides is 3. The molecule has 1 aliphatic rings. The van der Waals surface area contributed by atoms with E-state index in [1.165, 1.54) is 6.07 Å². The number of ether oxygens (including phenoxy) is 1. The lowest BCUT2D eigenvalue weighted by molar-refractivity contribution is -0.138. The largest absolute Gasteiger partial charge is 0.480 e. The Kier molecular flexibility index (Phi) is 5.76. The maximum absolute atomic E-state index is 13.0. The molecule has 7 heteroatoms. The molecule has 1 heterocycles. The highest BCUT2D eigenvalue weighted by atomic mass is 19.4. The summed E-state index contributed by atoms with van der Waals surface area (Å²) in [5.41, 5.74) is -0.150. The van der Waals surface area contributed by atoms with Crippen LogP contribution in [0.25, 0.3) is 10.8 Å². The van der Waals surface area contributed by atoms with Crippen LogP contribution in [-0.2, 0) is 11.0 Å². The first kappa shape index (κ1) is 21.0. The van der Waals surface area contributed by atoms with E-state index in [0.29, 0.717) is 37.6 Å². The summed E-state index contributed by atoms with van der Waals surface area (Å²) in [6, 6.07) is 18.8. The summed E-state index contributed by atoms with van der Waals surface area (Å²) in [5.74, 6) is 0.526. The van der Waals surface area contributed by atoms with Crippen molar-refractivity contribution in [2.45, 2.75) is 19.2 Å². The Hall–Kier alpha value is -3.22. The zero-order valence-electron chi connectivity index (χ0n) is 17.1. The van der Waals surface area contributed by atoms with Gasteiger partial charge in [0.25, 0.3) is 5.91 Å². The minimum atomic E-state index is -4.37. The standard InChI is InChI=1S/C24H23F3N2O2/c1-17(31-22-11-4-7-18-6-2-3-10-21(18)22)23(30)29-14-12-28(13-15-29)20-9-5-8-19(16-20)24(25,26)27/h2-11,16-17H,12-15H2,1H3/t17-/m1/s1. The van der Waals surface area contributed by atoms with Crippen LogP contribution in [0.1, 0.15) is 12.5 Å². The van der Waals surface area contributed by atoms with Crippen LogP contribution in [0.15, 0.2) is 66.7 Å². The van der Waals surface area contributed by atoms with Crippen molar-refractivity contribution in [2.75, 3.05) is 31.1 Å². The van der Waals surface area contributed by atoms with Gasteiger partial charge in [-0.2, -0.15) is 13.2 Å². The molecule has 0 N–H and O–H groups in total. The van der Waals surface area contributed by atoms with Crippen LogP contribution in [0.5, 0.6) is 5.75 Å². The van der Waals surface area contributed by atoms with E-state index in [0.717, 1.165) is 22.9 Å². The molecule has 1 fully saturated rings. The Balaban J connectivity index is 1.39. The highest BCUT2D eigenvalue weighted by Gasteiger charge is 2.31. The maximum atomic E-state index is 13.0. The zero-order chi connectivity index (χ0) is 22.0. The first-order valence-corrected chi connectivity index (χ1v) is 10.2. The molecule has 3 aromatic carbocycles. The van der Waals surface area contributed by atoms with Gasteiger partial charge in [-0.05, 0) is 36.6 Å². The summed E-state index contributed by atoms with van der Waals surface area (Å²) in [7, 11) is 0. The average Bonchev–Trinajstić information content (AvgIpc) is 2.78. The van der Waals surface area contributed by atoms with Crippen LogP contribution in [0, 0.1) is 0 Å². The van der Waals surface area contributed by atoms with E-state index in [-0.39, 0.29) is 5.91 Å². The highest BCUT2D eigenvalue weighted by Crippen LogP contribution is 2.32. The molecule has 4 nitrogen and oxygen atoms in total. The molecular formula is C24H23F3N2O2. The van der Waals surface area contributed by atoms with Gasteiger partial charge in [-0.15, -0.1) is 0 Å². The molecule has 0 radical (unpaired) electrons. The number of anilines is 1. The lowest BCUT2D eigenvalue weighted by Gasteiger charge is -2.37. The molecule has 0 aromatic heterocycles. The van der Waals surface area contributed by atoms with Crippen molar-refractivity contribution in [1.82, 2.24) is 4.90 Å². The molecule has 1 saturated heterocycles. The number of carbonyl (C=O) groups is 1. The van der Waals surface area contributed by atoms with Crippen molar-refractivity contribution < 1.29 is 22.7 Å². The second-order valence-corrected chi connectivity index (χ2v) is 7.60. The SMILES string of the molecule is C[C@@H](Oc1cccc2ccccc12)C(=O)N1CCN(c2cccc(C(F)(F)F)c2)CC1. The number of carbonyl (C=O) groups excluding carboxylic acids is 1. The molecule has 1 aliphatic heterocycles. The van der Waals surface area contributed by atoms with Gasteiger partial charge in [0.05, 0.1) is 5.56 Å². The lowest BCUT2D eigenvalue weighted by Crippen LogP contribution is -2.52. The summed E-state index contributed by atoms with van der Waals surface area (Å²) in [6.45, 7) is 3.52. The third kappa shape index (κ3) is 4.60. The first-order chi connectivity index (χ1) is 14.8. The zero-order valence-corrected chi connectivity index (χ0v) is 17.1. The van der Waals surface area contributed by atoms with Gasteiger partial charge < -0.3 is 14.5 Å². The van der Waals surface area contributed by atoms with Crippen LogP contribution in [-0.4, -0.2) is 43.1 Å². The molecule has 31 heavy (non-hydrogen) atoms. The Morgan fingerprint density at radius 1 is 0.935 bits per heavy atom. The van der Waals surface area contributed by atoms with Crippen molar-refractivity contribution in [3.8, 4) is 5.75 Å². The van der Waals surface area contributed by atoms with E-state index in [4.69, 9.17) is 4.74 Å². The maximum Gasteiger partial charge on any atom is 0.416 e. The van der Waals surface area contributed by atoms with Crippen LogP contribution in [0.4, 0.5) is 18.9 Å². The molecular weight excluding hydrogens is 405 g/mol. The van der Waals surface area contributed by atoms with Gasteiger partial charge in [0.2, 0.25) is 0 Å². The first-order valence-electron chi connectivity index (χ1n) is 10.2. The molecule has 1 amide bonds. The summed E-state index contributed by atoms with van der Waals surface area (Å²) >= 11 is 0. The summed E-state index contributed by atoms with van der Waals surface area (Å²) in [5, 5.41) is 1.98. The number of amides is 1. The second kappa shape index (κ2) is 8.49. The smallest absolute Gasteiger partial charge is 0.416 e. The van der Waals surface area contributed by atoms with E-state index in [9.17, 15) is 18.0 Å². The van der Waals surface area contributed by atoms with Crippen LogP contribution in [0.3, 0.4) is 0 Å². The third-order valence-corrected chi connectivity index (χ3v) is 5.53. The number of benzene rings is 3. The van der Waals surface area contributed by atoms with E-state index in [1.807, 2.05) is 47.4 Å². The lowest BCUT2D eigenvalue weighted by atomic mass is 10.1. The Labute approximate surface area is 178 Å². The predicted octanol–water partition coefficient (Wildman–Crippen LogP) is 4.97. The third-order valence-electron chi connectivity index (χ3n) is 5.53. The molecule has 0 saturated carbocycles. The minimum Gasteiger partial charge on any atom is -0.480 e. The van der Waals surface area contributed by atoms with Crippen molar-refractivity contribution >= 4 is 22.4 Å². The molecule has 162 valence electrons. The van der Waals surface area contributed by atoms with E-state index < -0.39 is 17.8 Å². The number of fused-ring (bicyclic) bond motifs is 1. The van der Waals surface area contributed by atoms with Gasteiger partial charge in [0.1, 0.15) is 5.75 Å². The number of halogens is 3. The number of hydrogen-bond donors (Lipinski definition) is 0. The van der Waals surface area contributed by atoms with Crippen LogP contribution in [0.2, 0.25) is 0 Å². The van der Waals surface area contributed by atoms with Gasteiger partial charge in [0, 0.05) is 37.3 Å². The quantitative estimate of drug-likeness (QED) is 0.588. The summed E-state index contributed by atoms with van der Waals surface area (Å²) in [6.07, 6.45) is -5.03. The molecule has 0 unspecified atom stereocenters. The highest BCUT2D eigenvalue weighted by molar-refractivity contribution is 5.89. The van der Waals surface area contributed by atoms with Gasteiger partial charge >= 0.3 is 6.18 Å². The Morgan fingerprint density at radius 3 is 2.35 bits per heavy atom. The van der Waals surface area contributed by atoms with Crippen LogP contribution >= 0.6 is 0 Å². The second-order valence-electron chi connectivity index (χ2n) is 7.60. The summed E-state index contributed by atoms with van der Waals surface area (Å²) < 4.78 is 44.9. The monoisotopic (exact) mass is 428 g/mol. The van der Waals surface area contributed by atoms with Crippen molar-refractivity contribution in [3.05, 3.63) is 72.3 Å². The van der Waals surface area contributed by atoms with Gasteiger partial charge in [-0.3, -0.25) is 4.79 Å².